The van der Waals surface area contributed by atoms with Crippen molar-refractivity contribution in [2.24, 2.45) is 0 Å². The lowest BCUT2D eigenvalue weighted by Gasteiger charge is -2.10. The van der Waals surface area contributed by atoms with Crippen molar-refractivity contribution in [3.8, 4) is 11.5 Å². The first-order valence-electron chi connectivity index (χ1n) is 5.91. The Morgan fingerprint density at radius 1 is 1.05 bits per heavy atom. The monoisotopic (exact) mass is 329 g/mol. The maximum Gasteiger partial charge on any atom is 0.231 e. The molecular formula is C14H10Cl3NO2. The van der Waals surface area contributed by atoms with Gasteiger partial charge >= 0.3 is 0 Å². The van der Waals surface area contributed by atoms with Gasteiger partial charge in [-0.25, -0.2) is 0 Å². The van der Waals surface area contributed by atoms with Gasteiger partial charge in [-0.1, -0.05) is 40.9 Å². The standard InChI is InChI=1S/C14H10Cl3NO2/c15-9-2-1-3-11(13(9)17)18-6-8-4-10(16)14-12(5-8)19-7-20-14/h1-5,18H,6-7H2. The van der Waals surface area contributed by atoms with Gasteiger partial charge in [0.15, 0.2) is 11.5 Å². The molecule has 0 amide bonds. The van der Waals surface area contributed by atoms with Crippen molar-refractivity contribution >= 4 is 40.5 Å². The highest BCUT2D eigenvalue weighted by Crippen LogP contribution is 2.40. The minimum Gasteiger partial charge on any atom is -0.454 e. The molecule has 2 aromatic rings. The van der Waals surface area contributed by atoms with Crippen LogP contribution < -0.4 is 14.8 Å². The minimum absolute atomic E-state index is 0.200. The Balaban J connectivity index is 1.79. The van der Waals surface area contributed by atoms with Crippen LogP contribution in [0.1, 0.15) is 5.56 Å². The van der Waals surface area contributed by atoms with Gasteiger partial charge in [0.05, 0.1) is 20.8 Å². The van der Waals surface area contributed by atoms with Crippen molar-refractivity contribution in [2.45, 2.75) is 6.54 Å². The zero-order chi connectivity index (χ0) is 14.1. The summed E-state index contributed by atoms with van der Waals surface area (Å²) in [6.45, 7) is 0.752. The molecule has 1 aliphatic rings. The Morgan fingerprint density at radius 2 is 1.90 bits per heavy atom. The van der Waals surface area contributed by atoms with Crippen LogP contribution in [0.25, 0.3) is 0 Å². The Hall–Kier alpha value is -1.29. The summed E-state index contributed by atoms with van der Waals surface area (Å²) in [5.41, 5.74) is 1.74. The topological polar surface area (TPSA) is 30.5 Å². The Kier molecular flexibility index (Phi) is 3.83. The first kappa shape index (κ1) is 13.7. The maximum atomic E-state index is 6.13. The third-order valence-corrected chi connectivity index (χ3v) is 4.02. The summed E-state index contributed by atoms with van der Waals surface area (Å²) in [6, 6.07) is 9.17. The number of halogens is 3. The van der Waals surface area contributed by atoms with Gasteiger partial charge < -0.3 is 14.8 Å². The van der Waals surface area contributed by atoms with Gasteiger partial charge in [-0.15, -0.1) is 0 Å². The second-order valence-corrected chi connectivity index (χ2v) is 5.46. The Bertz CT molecular complexity index is 661. The van der Waals surface area contributed by atoms with E-state index in [1.165, 1.54) is 0 Å². The van der Waals surface area contributed by atoms with E-state index in [1.54, 1.807) is 6.07 Å². The summed E-state index contributed by atoms with van der Waals surface area (Å²) in [5.74, 6) is 1.25. The van der Waals surface area contributed by atoms with Gasteiger partial charge in [0.2, 0.25) is 6.79 Å². The van der Waals surface area contributed by atoms with Crippen LogP contribution >= 0.6 is 34.8 Å². The molecule has 1 N–H and O–H groups in total. The van der Waals surface area contributed by atoms with Crippen LogP contribution in [0.3, 0.4) is 0 Å². The normalized spacial score (nSPS) is 12.6. The third-order valence-electron chi connectivity index (χ3n) is 2.92. The quantitative estimate of drug-likeness (QED) is 0.860. The molecule has 0 spiro atoms. The number of anilines is 1. The van der Waals surface area contributed by atoms with Crippen LogP contribution in [0.2, 0.25) is 15.1 Å². The van der Waals surface area contributed by atoms with Crippen molar-refractivity contribution in [1.29, 1.82) is 0 Å². The average Bonchev–Trinajstić information content (AvgIpc) is 2.89. The number of ether oxygens (including phenoxy) is 2. The molecule has 3 nitrogen and oxygen atoms in total. The third kappa shape index (κ3) is 2.62. The van der Waals surface area contributed by atoms with E-state index in [0.29, 0.717) is 33.1 Å². The van der Waals surface area contributed by atoms with E-state index in [1.807, 2.05) is 24.3 Å². The average molecular weight is 331 g/mol. The van der Waals surface area contributed by atoms with Crippen LogP contribution in [0.4, 0.5) is 5.69 Å². The summed E-state index contributed by atoms with van der Waals surface area (Å²) in [7, 11) is 0. The fraction of sp³-hybridized carbons (Fsp3) is 0.143. The van der Waals surface area contributed by atoms with Crippen LogP contribution in [0.5, 0.6) is 11.5 Å². The van der Waals surface area contributed by atoms with Gasteiger partial charge in [0.1, 0.15) is 0 Å². The molecule has 1 heterocycles. The van der Waals surface area contributed by atoms with Gasteiger partial charge in [0.25, 0.3) is 0 Å². The molecule has 0 unspecified atom stereocenters. The highest BCUT2D eigenvalue weighted by atomic mass is 35.5. The second kappa shape index (κ2) is 5.60. The predicted octanol–water partition coefficient (Wildman–Crippen LogP) is 4.99. The molecule has 0 radical (unpaired) electrons. The molecule has 0 saturated carbocycles. The second-order valence-electron chi connectivity index (χ2n) is 4.27. The van der Waals surface area contributed by atoms with E-state index in [9.17, 15) is 0 Å². The number of nitrogens with one attached hydrogen (secondary N) is 1. The fourth-order valence-electron chi connectivity index (χ4n) is 1.96. The van der Waals surface area contributed by atoms with Crippen LogP contribution in [-0.2, 0) is 6.54 Å². The SMILES string of the molecule is Clc1cccc(NCc2cc(Cl)c3c(c2)OCO3)c1Cl. The molecule has 0 bridgehead atoms. The van der Waals surface area contributed by atoms with Gasteiger partial charge in [0, 0.05) is 6.54 Å². The highest BCUT2D eigenvalue weighted by Gasteiger charge is 2.18. The molecule has 0 aliphatic carbocycles. The molecule has 0 saturated heterocycles. The van der Waals surface area contributed by atoms with Crippen molar-refractivity contribution in [1.82, 2.24) is 0 Å². The van der Waals surface area contributed by atoms with Crippen molar-refractivity contribution in [3.63, 3.8) is 0 Å². The van der Waals surface area contributed by atoms with E-state index in [2.05, 4.69) is 5.32 Å². The van der Waals surface area contributed by atoms with E-state index in [0.717, 1.165) is 11.3 Å². The molecule has 1 aliphatic heterocycles. The van der Waals surface area contributed by atoms with Crippen molar-refractivity contribution < 1.29 is 9.47 Å². The number of hydrogen-bond acceptors (Lipinski definition) is 3. The molecule has 0 atom stereocenters. The summed E-state index contributed by atoms with van der Waals surface area (Å²) in [4.78, 5) is 0. The zero-order valence-corrected chi connectivity index (χ0v) is 12.5. The zero-order valence-electron chi connectivity index (χ0n) is 10.3. The van der Waals surface area contributed by atoms with Gasteiger partial charge in [-0.05, 0) is 29.8 Å². The van der Waals surface area contributed by atoms with Crippen molar-refractivity contribution in [3.05, 3.63) is 51.0 Å². The van der Waals surface area contributed by atoms with Crippen LogP contribution in [0, 0.1) is 0 Å². The lowest BCUT2D eigenvalue weighted by atomic mass is 10.2. The molecule has 0 fully saturated rings. The summed E-state index contributed by atoms with van der Waals surface area (Å²) < 4.78 is 10.6. The highest BCUT2D eigenvalue weighted by molar-refractivity contribution is 6.43. The minimum atomic E-state index is 0.200. The predicted molar refractivity (Wildman–Crippen MR) is 81.4 cm³/mol. The van der Waals surface area contributed by atoms with Gasteiger partial charge in [-0.3, -0.25) is 0 Å². The van der Waals surface area contributed by atoms with Crippen LogP contribution in [-0.4, -0.2) is 6.79 Å². The molecule has 6 heteroatoms. The first-order valence-corrected chi connectivity index (χ1v) is 7.04. The Labute approximate surface area is 131 Å². The number of rotatable bonds is 3. The molecule has 20 heavy (non-hydrogen) atoms. The number of hydrogen-bond donors (Lipinski definition) is 1. The number of fused-ring (bicyclic) bond motifs is 1. The van der Waals surface area contributed by atoms with E-state index < -0.39 is 0 Å². The largest absolute Gasteiger partial charge is 0.454 e. The summed E-state index contributed by atoms with van der Waals surface area (Å²) in [6.07, 6.45) is 0. The fourth-order valence-corrected chi connectivity index (χ4v) is 2.62. The number of benzene rings is 2. The molecule has 2 aromatic carbocycles. The Morgan fingerprint density at radius 3 is 2.75 bits per heavy atom. The first-order chi connectivity index (χ1) is 9.65. The smallest absolute Gasteiger partial charge is 0.231 e. The summed E-state index contributed by atoms with van der Waals surface area (Å²) in [5, 5.41) is 4.77. The molecule has 0 aromatic heterocycles. The van der Waals surface area contributed by atoms with E-state index in [4.69, 9.17) is 44.3 Å². The van der Waals surface area contributed by atoms with E-state index in [-0.39, 0.29) is 6.79 Å². The van der Waals surface area contributed by atoms with Crippen LogP contribution in [0.15, 0.2) is 30.3 Å². The lowest BCUT2D eigenvalue weighted by molar-refractivity contribution is 0.174. The maximum absolute atomic E-state index is 6.13. The summed E-state index contributed by atoms with van der Waals surface area (Å²) >= 11 is 18.2. The lowest BCUT2D eigenvalue weighted by Crippen LogP contribution is -2.00. The van der Waals surface area contributed by atoms with E-state index >= 15 is 0 Å². The van der Waals surface area contributed by atoms with Crippen molar-refractivity contribution in [2.75, 3.05) is 12.1 Å². The molecule has 104 valence electrons. The van der Waals surface area contributed by atoms with Gasteiger partial charge in [-0.2, -0.15) is 0 Å². The molecular weight excluding hydrogens is 321 g/mol. The molecule has 3 rings (SSSR count).